The van der Waals surface area contributed by atoms with Crippen molar-refractivity contribution in [1.29, 1.82) is 0 Å². The third-order valence-corrected chi connectivity index (χ3v) is 5.86. The molecule has 2 aliphatic heterocycles. The summed E-state index contributed by atoms with van der Waals surface area (Å²) < 4.78 is 5.53. The smallest absolute Gasteiger partial charge is 0.227 e. The second-order valence-electron chi connectivity index (χ2n) is 8.09. The van der Waals surface area contributed by atoms with Crippen LogP contribution in [0.25, 0.3) is 0 Å². The lowest BCUT2D eigenvalue weighted by molar-refractivity contribution is 0.122. The highest BCUT2D eigenvalue weighted by Gasteiger charge is 2.26. The van der Waals surface area contributed by atoms with Crippen molar-refractivity contribution in [3.63, 3.8) is 0 Å². The molecule has 29 heavy (non-hydrogen) atoms. The average Bonchev–Trinajstić information content (AvgIpc) is 2.78. The van der Waals surface area contributed by atoms with Gasteiger partial charge in [0.15, 0.2) is 0 Å². The fourth-order valence-corrected chi connectivity index (χ4v) is 4.15. The molecule has 156 valence electrons. The third kappa shape index (κ3) is 4.87. The minimum Gasteiger partial charge on any atom is -0.378 e. The number of fused-ring (bicyclic) bond motifs is 1. The number of ether oxygens (including phenoxy) is 1. The Labute approximate surface area is 174 Å². The van der Waals surface area contributed by atoms with Crippen LogP contribution in [-0.4, -0.2) is 61.3 Å². The first-order chi connectivity index (χ1) is 14.2. The quantitative estimate of drug-likeness (QED) is 0.718. The number of anilines is 2. The highest BCUT2D eigenvalue weighted by Crippen LogP contribution is 2.29. The highest BCUT2D eigenvalue weighted by atomic mass is 16.5. The number of aromatic nitrogens is 2. The Morgan fingerprint density at radius 1 is 1.07 bits per heavy atom. The Morgan fingerprint density at radius 3 is 2.62 bits per heavy atom. The zero-order valence-electron chi connectivity index (χ0n) is 17.8. The van der Waals surface area contributed by atoms with Crippen LogP contribution in [-0.2, 0) is 24.2 Å². The Bertz CT molecular complexity index is 791. The van der Waals surface area contributed by atoms with Crippen molar-refractivity contribution in [2.45, 2.75) is 39.3 Å². The van der Waals surface area contributed by atoms with Gasteiger partial charge in [0.1, 0.15) is 5.82 Å². The molecule has 2 aliphatic rings. The summed E-state index contributed by atoms with van der Waals surface area (Å²) in [6.45, 7) is 9.42. The molecule has 0 saturated carbocycles. The number of benzene rings is 1. The molecule has 6 heteroatoms. The van der Waals surface area contributed by atoms with Crippen molar-refractivity contribution < 1.29 is 4.74 Å². The van der Waals surface area contributed by atoms with Crippen molar-refractivity contribution in [2.24, 2.45) is 0 Å². The summed E-state index contributed by atoms with van der Waals surface area (Å²) in [5, 5.41) is 0. The van der Waals surface area contributed by atoms with E-state index in [4.69, 9.17) is 14.7 Å². The number of unbranched alkanes of at least 4 members (excludes halogenated alkanes) is 1. The molecule has 0 unspecified atom stereocenters. The maximum atomic E-state index is 5.53. The second kappa shape index (κ2) is 9.55. The Balaban J connectivity index is 1.60. The first kappa shape index (κ1) is 20.1. The van der Waals surface area contributed by atoms with E-state index in [9.17, 15) is 0 Å². The van der Waals surface area contributed by atoms with Gasteiger partial charge < -0.3 is 14.5 Å². The molecule has 3 heterocycles. The lowest BCUT2D eigenvalue weighted by Gasteiger charge is -2.33. The van der Waals surface area contributed by atoms with E-state index >= 15 is 0 Å². The number of rotatable bonds is 7. The van der Waals surface area contributed by atoms with Gasteiger partial charge in [0.25, 0.3) is 0 Å². The van der Waals surface area contributed by atoms with Crippen molar-refractivity contribution in [3.05, 3.63) is 47.2 Å². The topological polar surface area (TPSA) is 44.7 Å². The molecular weight excluding hydrogens is 362 g/mol. The number of morpholine rings is 1. The highest BCUT2D eigenvalue weighted by molar-refractivity contribution is 5.54. The van der Waals surface area contributed by atoms with E-state index in [2.05, 4.69) is 59.0 Å². The fourth-order valence-electron chi connectivity index (χ4n) is 4.15. The predicted octanol–water partition coefficient (Wildman–Crippen LogP) is 3.11. The van der Waals surface area contributed by atoms with Crippen LogP contribution in [0, 0.1) is 0 Å². The summed E-state index contributed by atoms with van der Waals surface area (Å²) in [4.78, 5) is 17.2. The van der Waals surface area contributed by atoms with Crippen LogP contribution in [0.5, 0.6) is 0 Å². The maximum absolute atomic E-state index is 5.53. The molecule has 6 nitrogen and oxygen atoms in total. The summed E-state index contributed by atoms with van der Waals surface area (Å²) in [5.74, 6) is 2.00. The van der Waals surface area contributed by atoms with Crippen molar-refractivity contribution >= 4 is 11.8 Å². The SMILES string of the molecule is CCCCN(C)c1nc(N2CCOCC2)nc2c1CCN(Cc1ccccc1)C2. The predicted molar refractivity (Wildman–Crippen MR) is 118 cm³/mol. The molecule has 1 aromatic heterocycles. The number of nitrogens with zero attached hydrogens (tertiary/aromatic N) is 5. The molecule has 1 saturated heterocycles. The Hall–Kier alpha value is -2.18. The summed E-state index contributed by atoms with van der Waals surface area (Å²) in [5.41, 5.74) is 3.89. The summed E-state index contributed by atoms with van der Waals surface area (Å²) in [6, 6.07) is 10.7. The van der Waals surface area contributed by atoms with E-state index < -0.39 is 0 Å². The van der Waals surface area contributed by atoms with Crippen LogP contribution in [0.1, 0.15) is 36.6 Å². The van der Waals surface area contributed by atoms with E-state index in [1.165, 1.54) is 29.7 Å². The largest absolute Gasteiger partial charge is 0.378 e. The number of hydrogen-bond donors (Lipinski definition) is 0. The number of hydrogen-bond acceptors (Lipinski definition) is 6. The first-order valence-corrected chi connectivity index (χ1v) is 10.9. The van der Waals surface area contributed by atoms with E-state index in [0.717, 1.165) is 70.7 Å². The molecule has 0 N–H and O–H groups in total. The standard InChI is InChI=1S/C23H33N5O/c1-3-4-11-26(2)22-20-10-12-27(17-19-8-6-5-7-9-19)18-21(20)24-23(25-22)28-13-15-29-16-14-28/h5-9H,3-4,10-18H2,1-2H3. The molecule has 0 amide bonds. The van der Waals surface area contributed by atoms with E-state index in [-0.39, 0.29) is 0 Å². The van der Waals surface area contributed by atoms with Gasteiger partial charge in [-0.1, -0.05) is 43.7 Å². The minimum absolute atomic E-state index is 0.752. The van der Waals surface area contributed by atoms with Crippen LogP contribution >= 0.6 is 0 Å². The first-order valence-electron chi connectivity index (χ1n) is 10.9. The molecule has 0 spiro atoms. The van der Waals surface area contributed by atoms with Crippen molar-refractivity contribution in [3.8, 4) is 0 Å². The Kier molecular flexibility index (Phi) is 6.62. The van der Waals surface area contributed by atoms with Crippen LogP contribution in [0.15, 0.2) is 30.3 Å². The molecule has 1 fully saturated rings. The summed E-state index contributed by atoms with van der Waals surface area (Å²) in [7, 11) is 2.18. The van der Waals surface area contributed by atoms with Gasteiger partial charge in [0.05, 0.1) is 18.9 Å². The average molecular weight is 396 g/mol. The fraction of sp³-hybridized carbons (Fsp3) is 0.565. The van der Waals surface area contributed by atoms with Crippen LogP contribution < -0.4 is 9.80 Å². The van der Waals surface area contributed by atoms with Crippen LogP contribution in [0.3, 0.4) is 0 Å². The van der Waals surface area contributed by atoms with Gasteiger partial charge in [-0.15, -0.1) is 0 Å². The lowest BCUT2D eigenvalue weighted by Crippen LogP contribution is -2.39. The van der Waals surface area contributed by atoms with E-state index in [1.54, 1.807) is 0 Å². The molecule has 0 aliphatic carbocycles. The lowest BCUT2D eigenvalue weighted by atomic mass is 10.0. The van der Waals surface area contributed by atoms with Crippen molar-refractivity contribution in [2.75, 3.05) is 56.2 Å². The van der Waals surface area contributed by atoms with Gasteiger partial charge in [-0.25, -0.2) is 4.98 Å². The third-order valence-electron chi connectivity index (χ3n) is 5.86. The minimum atomic E-state index is 0.752. The second-order valence-corrected chi connectivity index (χ2v) is 8.09. The van der Waals surface area contributed by atoms with Gasteiger partial charge in [-0.05, 0) is 18.4 Å². The zero-order chi connectivity index (χ0) is 20.1. The monoisotopic (exact) mass is 395 g/mol. The molecular formula is C23H33N5O. The molecule has 0 atom stereocenters. The van der Waals surface area contributed by atoms with E-state index in [0.29, 0.717) is 0 Å². The zero-order valence-corrected chi connectivity index (χ0v) is 17.8. The summed E-state index contributed by atoms with van der Waals surface area (Å²) >= 11 is 0. The van der Waals surface area contributed by atoms with Gasteiger partial charge >= 0.3 is 0 Å². The van der Waals surface area contributed by atoms with Gasteiger partial charge in [-0.2, -0.15) is 4.98 Å². The maximum Gasteiger partial charge on any atom is 0.227 e. The van der Waals surface area contributed by atoms with Gasteiger partial charge in [0.2, 0.25) is 5.95 Å². The Morgan fingerprint density at radius 2 is 1.86 bits per heavy atom. The van der Waals surface area contributed by atoms with Gasteiger partial charge in [0, 0.05) is 51.9 Å². The molecule has 0 bridgehead atoms. The molecule has 1 aromatic carbocycles. The van der Waals surface area contributed by atoms with Crippen molar-refractivity contribution in [1.82, 2.24) is 14.9 Å². The molecule has 4 rings (SSSR count). The van der Waals surface area contributed by atoms with Gasteiger partial charge in [-0.3, -0.25) is 4.90 Å². The molecule has 2 aromatic rings. The van der Waals surface area contributed by atoms with Crippen LogP contribution in [0.2, 0.25) is 0 Å². The van der Waals surface area contributed by atoms with E-state index in [1.807, 2.05) is 0 Å². The summed E-state index contributed by atoms with van der Waals surface area (Å²) in [6.07, 6.45) is 3.39. The normalized spacial score (nSPS) is 17.2. The molecule has 0 radical (unpaired) electrons. The van der Waals surface area contributed by atoms with Crippen LogP contribution in [0.4, 0.5) is 11.8 Å².